The van der Waals surface area contributed by atoms with Crippen molar-refractivity contribution in [2.75, 3.05) is 52.1 Å². The number of carbonyl (C=O) groups is 2. The molecule has 0 bridgehead atoms. The number of aliphatic hydroxyl groups is 5. The van der Waals surface area contributed by atoms with E-state index in [1.54, 1.807) is 67.6 Å². The minimum atomic E-state index is -1.85. The number of ether oxygens (including phenoxy) is 6. The summed E-state index contributed by atoms with van der Waals surface area (Å²) in [5, 5.41) is 62.1. The fourth-order valence-corrected chi connectivity index (χ4v) is 9.81. The second kappa shape index (κ2) is 21.3. The van der Waals surface area contributed by atoms with E-state index in [1.165, 1.54) is 18.9 Å². The molecule has 3 aliphatic heterocycles. The van der Waals surface area contributed by atoms with Crippen molar-refractivity contribution in [2.45, 2.75) is 185 Å². The molecule has 0 spiro atoms. The van der Waals surface area contributed by atoms with Crippen LogP contribution in [0.15, 0.2) is 24.3 Å². The standard InChI is InChI=1S/C46H80N4O13/c1-16-34-46(10,57)38(52)29(6)49(13)24-25(2)22-44(8,56)40(27(4)37(28(5)41(54)61-34)62-35-23-45(9,58-15)39(53)30(7)60-35)63-42-36(51)33(21-26(3)59-42)50(14)43(55)47-31-17-19-32(20-18-31)48(11)12/h17-20,25-30,33-40,42,51-53,56-57H,16,21-24H2,1-15H3,(H,47,55)/t25-,26-,27+,28-,29-,30+,33+,34-,35+,36-,37+,38-,39+,40-,42+,44-,45-,46-/m1/s1. The molecule has 1 aromatic carbocycles. The molecule has 6 N–H and O–H groups in total. The molecule has 17 heteroatoms. The number of nitrogens with one attached hydrogen (secondary N) is 1. The molecule has 0 radical (unpaired) electrons. The molecule has 3 aliphatic rings. The number of urea groups is 1. The van der Waals surface area contributed by atoms with Crippen LogP contribution in [0.5, 0.6) is 0 Å². The Hall–Kier alpha value is -2.68. The van der Waals surface area contributed by atoms with Gasteiger partial charge in [0.05, 0.1) is 47.6 Å². The maximum atomic E-state index is 14.4. The van der Waals surface area contributed by atoms with Crippen LogP contribution in [0.2, 0.25) is 0 Å². The van der Waals surface area contributed by atoms with Gasteiger partial charge in [-0.1, -0.05) is 20.8 Å². The van der Waals surface area contributed by atoms with E-state index in [0.717, 1.165) is 5.69 Å². The third kappa shape index (κ3) is 12.2. The smallest absolute Gasteiger partial charge is 0.321 e. The number of anilines is 2. The van der Waals surface area contributed by atoms with E-state index >= 15 is 0 Å². The third-order valence-corrected chi connectivity index (χ3v) is 14.0. The maximum absolute atomic E-state index is 14.4. The van der Waals surface area contributed by atoms with E-state index < -0.39 is 114 Å². The average molecular weight is 897 g/mol. The number of rotatable bonds is 9. The van der Waals surface area contributed by atoms with Crippen molar-refractivity contribution in [3.63, 3.8) is 0 Å². The van der Waals surface area contributed by atoms with Gasteiger partial charge in [-0.15, -0.1) is 0 Å². The number of hydrogen-bond acceptors (Lipinski definition) is 15. The number of cyclic esters (lactones) is 1. The van der Waals surface area contributed by atoms with Gasteiger partial charge in [0.15, 0.2) is 12.6 Å². The van der Waals surface area contributed by atoms with Gasteiger partial charge in [-0.25, -0.2) is 4.79 Å². The zero-order valence-corrected chi connectivity index (χ0v) is 40.3. The molecule has 362 valence electrons. The summed E-state index contributed by atoms with van der Waals surface area (Å²) in [6.07, 6.45) is -9.96. The van der Waals surface area contributed by atoms with Gasteiger partial charge in [-0.3, -0.25) is 4.79 Å². The number of likely N-dealkylation sites (N-methyl/N-ethyl adjacent to an activating group) is 2. The van der Waals surface area contributed by atoms with Gasteiger partial charge in [0.1, 0.15) is 30.0 Å². The molecule has 63 heavy (non-hydrogen) atoms. The van der Waals surface area contributed by atoms with E-state index in [1.807, 2.05) is 56.9 Å². The molecule has 0 aromatic heterocycles. The number of methoxy groups -OCH3 is 1. The first-order valence-electron chi connectivity index (χ1n) is 22.6. The fourth-order valence-electron chi connectivity index (χ4n) is 9.81. The molecule has 0 aliphatic carbocycles. The summed E-state index contributed by atoms with van der Waals surface area (Å²) in [4.78, 5) is 33.3. The summed E-state index contributed by atoms with van der Waals surface area (Å²) in [5.74, 6) is -2.91. The van der Waals surface area contributed by atoms with Crippen LogP contribution in [0.25, 0.3) is 0 Å². The zero-order valence-electron chi connectivity index (χ0n) is 40.3. The van der Waals surface area contributed by atoms with Crippen molar-refractivity contribution in [3.8, 4) is 0 Å². The summed E-state index contributed by atoms with van der Waals surface area (Å²) in [6.45, 7) is 17.6. The Morgan fingerprint density at radius 3 is 2.13 bits per heavy atom. The Bertz CT molecular complexity index is 1640. The number of aliphatic hydroxyl groups excluding tert-OH is 3. The van der Waals surface area contributed by atoms with Gasteiger partial charge in [0.25, 0.3) is 0 Å². The largest absolute Gasteiger partial charge is 0.459 e. The number of hydrogen-bond donors (Lipinski definition) is 6. The van der Waals surface area contributed by atoms with Crippen molar-refractivity contribution < 1.29 is 63.5 Å². The summed E-state index contributed by atoms with van der Waals surface area (Å²) >= 11 is 0. The molecule has 0 saturated carbocycles. The lowest BCUT2D eigenvalue weighted by molar-refractivity contribution is -0.317. The summed E-state index contributed by atoms with van der Waals surface area (Å²) < 4.78 is 37.9. The first-order valence-corrected chi connectivity index (χ1v) is 22.6. The van der Waals surface area contributed by atoms with Crippen LogP contribution in [0.1, 0.15) is 94.9 Å². The molecule has 1 aromatic rings. The highest BCUT2D eigenvalue weighted by atomic mass is 16.7. The fraction of sp³-hybridized carbons (Fsp3) is 0.826. The minimum Gasteiger partial charge on any atom is -0.459 e. The van der Waals surface area contributed by atoms with Crippen LogP contribution in [-0.4, -0.2) is 179 Å². The first-order chi connectivity index (χ1) is 29.2. The summed E-state index contributed by atoms with van der Waals surface area (Å²) in [7, 11) is 8.76. The van der Waals surface area contributed by atoms with Crippen LogP contribution in [0.4, 0.5) is 16.2 Å². The van der Waals surface area contributed by atoms with E-state index in [0.29, 0.717) is 12.2 Å². The zero-order chi connectivity index (χ0) is 47.5. The highest BCUT2D eigenvalue weighted by Gasteiger charge is 2.53. The van der Waals surface area contributed by atoms with Gasteiger partial charge in [-0.2, -0.15) is 0 Å². The maximum Gasteiger partial charge on any atom is 0.321 e. The molecule has 0 unspecified atom stereocenters. The van der Waals surface area contributed by atoms with E-state index in [9.17, 15) is 35.1 Å². The van der Waals surface area contributed by atoms with Crippen LogP contribution in [0, 0.1) is 17.8 Å². The lowest BCUT2D eigenvalue weighted by atomic mass is 9.77. The number of amides is 2. The van der Waals surface area contributed by atoms with Gasteiger partial charge in [0, 0.05) is 64.6 Å². The molecular weight excluding hydrogens is 817 g/mol. The SMILES string of the molecule is CC[C@H]1OC(=O)[C@H](C)[C@@H](O[C@H]2C[C@@](C)(OC)[C@@H](O)[C@H](C)O2)[C@H](C)[C@@H](O[C@@H]2O[C@H](C)C[C@H](N(C)C(=O)Nc3ccc(N(C)C)cc3)[C@H]2O)[C@](C)(O)C[C@@H](C)CN(C)[C@H](C)[C@@H](O)[C@]1(C)O. The molecule has 18 atom stereocenters. The van der Waals surface area contributed by atoms with E-state index in [2.05, 4.69) is 5.32 Å². The van der Waals surface area contributed by atoms with Gasteiger partial charge >= 0.3 is 12.0 Å². The Morgan fingerprint density at radius 1 is 0.937 bits per heavy atom. The summed E-state index contributed by atoms with van der Waals surface area (Å²) in [5.41, 5.74) is -3.05. The van der Waals surface area contributed by atoms with E-state index in [-0.39, 0.29) is 31.6 Å². The van der Waals surface area contributed by atoms with Crippen molar-refractivity contribution in [1.82, 2.24) is 9.80 Å². The molecule has 3 heterocycles. The normalized spacial score (nSPS) is 42.7. The van der Waals surface area contributed by atoms with E-state index in [4.69, 9.17) is 28.4 Å². The lowest BCUT2D eigenvalue weighted by Gasteiger charge is -2.49. The Kier molecular flexibility index (Phi) is 17.9. The highest BCUT2D eigenvalue weighted by molar-refractivity contribution is 5.89. The predicted molar refractivity (Wildman–Crippen MR) is 238 cm³/mol. The monoisotopic (exact) mass is 897 g/mol. The molecular formula is C46H80N4O13. The van der Waals surface area contributed by atoms with Crippen molar-refractivity contribution in [2.24, 2.45) is 17.8 Å². The number of esters is 1. The summed E-state index contributed by atoms with van der Waals surface area (Å²) in [6, 6.07) is 5.57. The number of carbonyl (C=O) groups excluding carboxylic acids is 2. The topological polar surface area (TPSA) is 212 Å². The Morgan fingerprint density at radius 2 is 1.56 bits per heavy atom. The number of nitrogens with zero attached hydrogens (tertiary/aromatic N) is 3. The molecule has 4 rings (SSSR count). The van der Waals surface area contributed by atoms with Crippen LogP contribution < -0.4 is 10.2 Å². The molecule has 17 nitrogen and oxygen atoms in total. The highest BCUT2D eigenvalue weighted by Crippen LogP contribution is 2.40. The van der Waals surface area contributed by atoms with Crippen molar-refractivity contribution >= 4 is 23.4 Å². The molecule has 3 saturated heterocycles. The minimum absolute atomic E-state index is 0.0828. The third-order valence-electron chi connectivity index (χ3n) is 14.0. The number of benzene rings is 1. The van der Waals surface area contributed by atoms with Gasteiger partial charge < -0.3 is 74.0 Å². The van der Waals surface area contributed by atoms with Crippen LogP contribution >= 0.6 is 0 Å². The van der Waals surface area contributed by atoms with Crippen molar-refractivity contribution in [3.05, 3.63) is 24.3 Å². The molecule has 2 amide bonds. The van der Waals surface area contributed by atoms with Gasteiger partial charge in [0.2, 0.25) is 0 Å². The Balaban J connectivity index is 1.77. The quantitative estimate of drug-likeness (QED) is 0.196. The predicted octanol–water partition coefficient (Wildman–Crippen LogP) is 3.57. The first kappa shape index (κ1) is 52.9. The van der Waals surface area contributed by atoms with Crippen LogP contribution in [-0.2, 0) is 33.2 Å². The van der Waals surface area contributed by atoms with Crippen LogP contribution in [0.3, 0.4) is 0 Å². The average Bonchev–Trinajstić information content (AvgIpc) is 3.21. The van der Waals surface area contributed by atoms with Crippen molar-refractivity contribution in [1.29, 1.82) is 0 Å². The molecule has 3 fully saturated rings. The van der Waals surface area contributed by atoms with Gasteiger partial charge in [-0.05, 0) is 105 Å². The second-order valence-corrected chi connectivity index (χ2v) is 19.7. The lowest BCUT2D eigenvalue weighted by Crippen LogP contribution is -2.61. The Labute approximate surface area is 375 Å². The second-order valence-electron chi connectivity index (χ2n) is 19.7.